The fourth-order valence-corrected chi connectivity index (χ4v) is 2.06. The van der Waals surface area contributed by atoms with Gasteiger partial charge in [0.25, 0.3) is 5.91 Å². The number of ether oxygens (including phenoxy) is 2. The van der Waals surface area contributed by atoms with Crippen LogP contribution in [0.5, 0.6) is 11.5 Å². The fourth-order valence-electron chi connectivity index (χ4n) is 2.06. The average Bonchev–Trinajstić information content (AvgIpc) is 2.59. The van der Waals surface area contributed by atoms with Gasteiger partial charge < -0.3 is 14.8 Å². The first-order chi connectivity index (χ1) is 10.8. The molecule has 0 unspecified atom stereocenters. The SMILES string of the molecule is O=C(NCC#Cc1ccccc1)[C@H]1COc2ccccc2O1. The van der Waals surface area contributed by atoms with Gasteiger partial charge in [-0.25, -0.2) is 0 Å². The number of nitrogens with one attached hydrogen (secondary N) is 1. The van der Waals surface area contributed by atoms with Crippen molar-refractivity contribution >= 4 is 5.91 Å². The van der Waals surface area contributed by atoms with Crippen molar-refractivity contribution in [3.63, 3.8) is 0 Å². The number of hydrogen-bond donors (Lipinski definition) is 1. The van der Waals surface area contributed by atoms with E-state index in [1.807, 2.05) is 48.5 Å². The molecule has 1 aliphatic heterocycles. The molecule has 0 radical (unpaired) electrons. The van der Waals surface area contributed by atoms with Crippen LogP contribution in [-0.4, -0.2) is 25.2 Å². The predicted molar refractivity (Wildman–Crippen MR) is 82.7 cm³/mol. The van der Waals surface area contributed by atoms with Gasteiger partial charge >= 0.3 is 0 Å². The zero-order chi connectivity index (χ0) is 15.2. The maximum Gasteiger partial charge on any atom is 0.265 e. The van der Waals surface area contributed by atoms with Crippen molar-refractivity contribution in [3.05, 3.63) is 60.2 Å². The topological polar surface area (TPSA) is 47.6 Å². The van der Waals surface area contributed by atoms with Crippen molar-refractivity contribution in [2.45, 2.75) is 6.10 Å². The molecule has 1 amide bonds. The number of rotatable bonds is 2. The van der Waals surface area contributed by atoms with Gasteiger partial charge in [-0.1, -0.05) is 42.2 Å². The molecule has 0 spiro atoms. The lowest BCUT2D eigenvalue weighted by Gasteiger charge is -2.25. The van der Waals surface area contributed by atoms with Crippen molar-refractivity contribution in [2.75, 3.05) is 13.2 Å². The summed E-state index contributed by atoms with van der Waals surface area (Å²) in [6.45, 7) is 0.476. The molecule has 1 heterocycles. The predicted octanol–water partition coefficient (Wildman–Crippen LogP) is 1.99. The molecule has 2 aromatic carbocycles. The minimum Gasteiger partial charge on any atom is -0.485 e. The lowest BCUT2D eigenvalue weighted by atomic mass is 10.2. The van der Waals surface area contributed by atoms with Crippen LogP contribution in [0, 0.1) is 11.8 Å². The van der Waals surface area contributed by atoms with Gasteiger partial charge in [0.05, 0.1) is 6.54 Å². The molecule has 0 aliphatic carbocycles. The van der Waals surface area contributed by atoms with Crippen molar-refractivity contribution < 1.29 is 14.3 Å². The number of para-hydroxylation sites is 2. The van der Waals surface area contributed by atoms with Crippen LogP contribution in [0.4, 0.5) is 0 Å². The van der Waals surface area contributed by atoms with E-state index in [2.05, 4.69) is 17.2 Å². The molecule has 4 nitrogen and oxygen atoms in total. The number of hydrogen-bond acceptors (Lipinski definition) is 3. The summed E-state index contributed by atoms with van der Waals surface area (Å²) in [6, 6.07) is 16.9. The van der Waals surface area contributed by atoms with Crippen molar-refractivity contribution in [2.24, 2.45) is 0 Å². The number of amides is 1. The molecule has 4 heteroatoms. The molecule has 1 aliphatic rings. The van der Waals surface area contributed by atoms with E-state index < -0.39 is 6.10 Å². The standard InChI is InChI=1S/C18H15NO3/c20-18(19-12-6-9-14-7-2-1-3-8-14)17-13-21-15-10-4-5-11-16(15)22-17/h1-5,7-8,10-11,17H,12-13H2,(H,19,20)/t17-/m1/s1. The first-order valence-electron chi connectivity index (χ1n) is 7.03. The Hall–Kier alpha value is -2.93. The maximum absolute atomic E-state index is 12.0. The monoisotopic (exact) mass is 293 g/mol. The maximum atomic E-state index is 12.0. The Morgan fingerprint density at radius 1 is 1.09 bits per heavy atom. The van der Waals surface area contributed by atoms with Gasteiger partial charge in [-0.15, -0.1) is 0 Å². The average molecular weight is 293 g/mol. The van der Waals surface area contributed by atoms with E-state index in [4.69, 9.17) is 9.47 Å². The Balaban J connectivity index is 1.52. The minimum absolute atomic E-state index is 0.203. The third-order valence-corrected chi connectivity index (χ3v) is 3.16. The van der Waals surface area contributed by atoms with Crippen LogP contribution < -0.4 is 14.8 Å². The summed E-state index contributed by atoms with van der Waals surface area (Å²) < 4.78 is 11.1. The second kappa shape index (κ2) is 6.68. The van der Waals surface area contributed by atoms with E-state index in [0.717, 1.165) is 5.56 Å². The number of fused-ring (bicyclic) bond motifs is 1. The van der Waals surface area contributed by atoms with Crippen LogP contribution in [0.15, 0.2) is 54.6 Å². The molecule has 2 aromatic rings. The Morgan fingerprint density at radius 2 is 1.82 bits per heavy atom. The Bertz CT molecular complexity index is 716. The second-order valence-corrected chi connectivity index (χ2v) is 4.75. The van der Waals surface area contributed by atoms with Crippen molar-refractivity contribution in [3.8, 4) is 23.3 Å². The van der Waals surface area contributed by atoms with Crippen LogP contribution in [0.1, 0.15) is 5.56 Å². The van der Waals surface area contributed by atoms with E-state index in [-0.39, 0.29) is 19.1 Å². The summed E-state index contributed by atoms with van der Waals surface area (Å²) in [5.74, 6) is 6.92. The molecule has 0 saturated carbocycles. The summed E-state index contributed by atoms with van der Waals surface area (Å²) in [6.07, 6.45) is -0.645. The van der Waals surface area contributed by atoms with E-state index in [0.29, 0.717) is 11.5 Å². The van der Waals surface area contributed by atoms with E-state index in [9.17, 15) is 4.79 Å². The smallest absolute Gasteiger partial charge is 0.265 e. The Morgan fingerprint density at radius 3 is 2.64 bits per heavy atom. The first-order valence-corrected chi connectivity index (χ1v) is 7.03. The molecule has 1 atom stereocenters. The van der Waals surface area contributed by atoms with Crippen LogP contribution >= 0.6 is 0 Å². The summed E-state index contributed by atoms with van der Waals surface area (Å²) in [4.78, 5) is 12.0. The minimum atomic E-state index is -0.645. The quantitative estimate of drug-likeness (QED) is 0.862. The number of carbonyl (C=O) groups excluding carboxylic acids is 1. The molecular formula is C18H15NO3. The second-order valence-electron chi connectivity index (χ2n) is 4.75. The van der Waals surface area contributed by atoms with Gasteiger partial charge in [0.15, 0.2) is 11.5 Å². The van der Waals surface area contributed by atoms with Gasteiger partial charge in [-0.05, 0) is 24.3 Å². The zero-order valence-corrected chi connectivity index (χ0v) is 11.9. The molecular weight excluding hydrogens is 278 g/mol. The number of carbonyl (C=O) groups is 1. The Labute approximate surface area is 129 Å². The molecule has 0 saturated heterocycles. The molecule has 0 fully saturated rings. The molecule has 3 rings (SSSR count). The van der Waals surface area contributed by atoms with Crippen LogP contribution in [0.3, 0.4) is 0 Å². The van der Waals surface area contributed by atoms with E-state index >= 15 is 0 Å². The molecule has 1 N–H and O–H groups in total. The zero-order valence-electron chi connectivity index (χ0n) is 11.9. The summed E-state index contributed by atoms with van der Waals surface area (Å²) in [7, 11) is 0. The molecule has 0 bridgehead atoms. The van der Waals surface area contributed by atoms with Gasteiger partial charge in [-0.2, -0.15) is 0 Å². The Kier molecular flexibility index (Phi) is 4.26. The van der Waals surface area contributed by atoms with Gasteiger partial charge in [0.1, 0.15) is 6.61 Å². The summed E-state index contributed by atoms with van der Waals surface area (Å²) in [5, 5.41) is 2.74. The van der Waals surface area contributed by atoms with E-state index in [1.165, 1.54) is 0 Å². The third-order valence-electron chi connectivity index (χ3n) is 3.16. The van der Waals surface area contributed by atoms with Crippen molar-refractivity contribution in [1.82, 2.24) is 5.32 Å². The third kappa shape index (κ3) is 3.39. The highest BCUT2D eigenvalue weighted by Crippen LogP contribution is 2.30. The molecule has 110 valence electrons. The summed E-state index contributed by atoms with van der Waals surface area (Å²) in [5.41, 5.74) is 0.919. The van der Waals surface area contributed by atoms with Gasteiger partial charge in [0, 0.05) is 5.56 Å². The number of benzene rings is 2. The van der Waals surface area contributed by atoms with Gasteiger partial charge in [0.2, 0.25) is 6.10 Å². The summed E-state index contributed by atoms with van der Waals surface area (Å²) >= 11 is 0. The van der Waals surface area contributed by atoms with Crippen molar-refractivity contribution in [1.29, 1.82) is 0 Å². The van der Waals surface area contributed by atoms with Crippen LogP contribution in [-0.2, 0) is 4.79 Å². The first kappa shape index (κ1) is 14.0. The molecule has 22 heavy (non-hydrogen) atoms. The van der Waals surface area contributed by atoms with E-state index in [1.54, 1.807) is 6.07 Å². The fraction of sp³-hybridized carbons (Fsp3) is 0.167. The van der Waals surface area contributed by atoms with Crippen LogP contribution in [0.25, 0.3) is 0 Å². The van der Waals surface area contributed by atoms with Gasteiger partial charge in [-0.3, -0.25) is 4.79 Å². The lowest BCUT2D eigenvalue weighted by Crippen LogP contribution is -2.44. The highest BCUT2D eigenvalue weighted by atomic mass is 16.6. The largest absolute Gasteiger partial charge is 0.485 e. The molecule has 0 aromatic heterocycles. The lowest BCUT2D eigenvalue weighted by molar-refractivity contribution is -0.130. The normalized spacial score (nSPS) is 15.4. The highest BCUT2D eigenvalue weighted by Gasteiger charge is 2.26. The van der Waals surface area contributed by atoms with Crippen LogP contribution in [0.2, 0.25) is 0 Å². The highest BCUT2D eigenvalue weighted by molar-refractivity contribution is 5.82.